The van der Waals surface area contributed by atoms with E-state index in [1.165, 1.54) is 24.3 Å². The van der Waals surface area contributed by atoms with Gasteiger partial charge in [0.15, 0.2) is 0 Å². The number of likely N-dealkylation sites (tertiary alicyclic amines) is 2. The molecule has 24 heavy (non-hydrogen) atoms. The van der Waals surface area contributed by atoms with E-state index in [4.69, 9.17) is 4.74 Å². The van der Waals surface area contributed by atoms with Crippen molar-refractivity contribution >= 4 is 11.8 Å². The van der Waals surface area contributed by atoms with Gasteiger partial charge in [-0.15, -0.1) is 0 Å². The first-order chi connectivity index (χ1) is 11.4. The average Bonchev–Trinajstić information content (AvgIpc) is 2.58. The topological polar surface area (TPSA) is 49.9 Å². The number of rotatable bonds is 3. The minimum absolute atomic E-state index is 0.0983. The Hall–Kier alpha value is -1.95. The monoisotopic (exact) mass is 334 g/mol. The van der Waals surface area contributed by atoms with Crippen molar-refractivity contribution in [3.63, 3.8) is 0 Å². The number of carbonyl (C=O) groups excluding carboxylic acids is 2. The summed E-state index contributed by atoms with van der Waals surface area (Å²) in [6.45, 7) is 4.25. The number of ether oxygens (including phenoxy) is 1. The lowest BCUT2D eigenvalue weighted by Gasteiger charge is -2.48. The first-order valence-corrected chi connectivity index (χ1v) is 8.31. The van der Waals surface area contributed by atoms with E-state index in [9.17, 15) is 14.0 Å². The maximum Gasteiger partial charge on any atom is 0.253 e. The first-order valence-electron chi connectivity index (χ1n) is 8.31. The summed E-state index contributed by atoms with van der Waals surface area (Å²) in [6.07, 6.45) is 1.60. The number of hydrogen-bond acceptors (Lipinski definition) is 3. The van der Waals surface area contributed by atoms with Gasteiger partial charge in [-0.3, -0.25) is 9.59 Å². The molecule has 0 N–H and O–H groups in total. The van der Waals surface area contributed by atoms with Crippen molar-refractivity contribution < 1.29 is 18.7 Å². The minimum Gasteiger partial charge on any atom is -0.375 e. The highest BCUT2D eigenvalue weighted by molar-refractivity contribution is 5.94. The van der Waals surface area contributed by atoms with E-state index in [1.807, 2.05) is 6.92 Å². The van der Waals surface area contributed by atoms with Crippen LogP contribution in [0.1, 0.15) is 30.1 Å². The van der Waals surface area contributed by atoms with Crippen LogP contribution in [-0.2, 0) is 9.53 Å². The number of nitrogens with zero attached hydrogens (tertiary/aromatic N) is 2. The van der Waals surface area contributed by atoms with Crippen molar-refractivity contribution in [3.8, 4) is 0 Å². The number of carbonyl (C=O) groups is 2. The third-order valence-corrected chi connectivity index (χ3v) is 5.00. The molecule has 0 bridgehead atoms. The van der Waals surface area contributed by atoms with E-state index < -0.39 is 0 Å². The van der Waals surface area contributed by atoms with Crippen LogP contribution in [0, 0.1) is 11.7 Å². The van der Waals surface area contributed by atoms with Crippen LogP contribution < -0.4 is 0 Å². The molecule has 0 radical (unpaired) electrons. The van der Waals surface area contributed by atoms with Crippen molar-refractivity contribution in [2.75, 3.05) is 33.3 Å². The fourth-order valence-corrected chi connectivity index (χ4v) is 3.44. The fourth-order valence-electron chi connectivity index (χ4n) is 3.44. The molecular weight excluding hydrogens is 311 g/mol. The largest absolute Gasteiger partial charge is 0.375 e. The number of methoxy groups -OCH3 is 1. The smallest absolute Gasteiger partial charge is 0.253 e. The maximum atomic E-state index is 13.0. The van der Waals surface area contributed by atoms with Gasteiger partial charge in [-0.05, 0) is 44.0 Å². The molecule has 0 unspecified atom stereocenters. The lowest BCUT2D eigenvalue weighted by molar-refractivity contribution is -0.163. The Bertz CT molecular complexity index is 626. The number of halogens is 1. The second-order valence-electron chi connectivity index (χ2n) is 6.95. The van der Waals surface area contributed by atoms with Gasteiger partial charge < -0.3 is 14.5 Å². The zero-order valence-electron chi connectivity index (χ0n) is 14.1. The Morgan fingerprint density at radius 1 is 1.21 bits per heavy atom. The van der Waals surface area contributed by atoms with E-state index in [0.717, 1.165) is 12.8 Å². The first kappa shape index (κ1) is 16.9. The second-order valence-corrected chi connectivity index (χ2v) is 6.95. The summed E-state index contributed by atoms with van der Waals surface area (Å²) in [7, 11) is 1.66. The van der Waals surface area contributed by atoms with Crippen LogP contribution in [0.25, 0.3) is 0 Å². The zero-order chi connectivity index (χ0) is 17.3. The molecule has 3 rings (SSSR count). The molecule has 2 heterocycles. The van der Waals surface area contributed by atoms with E-state index in [1.54, 1.807) is 16.9 Å². The predicted octanol–water partition coefficient (Wildman–Crippen LogP) is 1.93. The molecule has 0 saturated carbocycles. The summed E-state index contributed by atoms with van der Waals surface area (Å²) in [6, 6.07) is 5.54. The van der Waals surface area contributed by atoms with Crippen molar-refractivity contribution in [1.29, 1.82) is 0 Å². The van der Waals surface area contributed by atoms with Crippen molar-refractivity contribution in [3.05, 3.63) is 35.6 Å². The Morgan fingerprint density at radius 3 is 2.50 bits per heavy atom. The lowest BCUT2D eigenvalue weighted by Crippen LogP contribution is -2.64. The molecule has 2 aliphatic heterocycles. The number of amides is 2. The van der Waals surface area contributed by atoms with Gasteiger partial charge in [0.2, 0.25) is 5.91 Å². The molecule has 6 heteroatoms. The molecule has 0 spiro atoms. The molecular formula is C18H23FN2O3. The lowest BCUT2D eigenvalue weighted by atomic mass is 9.90. The Kier molecular flexibility index (Phi) is 4.58. The average molecular weight is 334 g/mol. The fraction of sp³-hybridized carbons (Fsp3) is 0.556. The summed E-state index contributed by atoms with van der Waals surface area (Å²) in [4.78, 5) is 28.7. The van der Waals surface area contributed by atoms with Crippen LogP contribution in [0.3, 0.4) is 0 Å². The molecule has 2 saturated heterocycles. The normalized spacial score (nSPS) is 22.9. The van der Waals surface area contributed by atoms with E-state index in [2.05, 4.69) is 0 Å². The SMILES string of the molecule is COC1(C)CN(C(=O)[C@@H]2CCCN(C(=O)c3ccc(F)cc3)C2)C1. The van der Waals surface area contributed by atoms with Crippen LogP contribution in [-0.4, -0.2) is 60.5 Å². The third-order valence-electron chi connectivity index (χ3n) is 5.00. The van der Waals surface area contributed by atoms with E-state index in [0.29, 0.717) is 31.7 Å². The Balaban J connectivity index is 1.61. The van der Waals surface area contributed by atoms with Crippen molar-refractivity contribution in [1.82, 2.24) is 9.80 Å². The molecule has 0 aliphatic carbocycles. The molecule has 130 valence electrons. The van der Waals surface area contributed by atoms with Crippen LogP contribution >= 0.6 is 0 Å². The summed E-state index contributed by atoms with van der Waals surface area (Å²) >= 11 is 0. The minimum atomic E-state index is -0.364. The maximum absolute atomic E-state index is 13.0. The van der Waals surface area contributed by atoms with E-state index in [-0.39, 0.29) is 29.2 Å². The van der Waals surface area contributed by atoms with Crippen molar-refractivity contribution in [2.24, 2.45) is 5.92 Å². The van der Waals surface area contributed by atoms with Crippen LogP contribution in [0.4, 0.5) is 4.39 Å². The van der Waals surface area contributed by atoms with Gasteiger partial charge in [0.25, 0.3) is 5.91 Å². The van der Waals surface area contributed by atoms with Gasteiger partial charge in [-0.25, -0.2) is 4.39 Å². The number of benzene rings is 1. The molecule has 5 nitrogen and oxygen atoms in total. The summed E-state index contributed by atoms with van der Waals surface area (Å²) in [5.41, 5.74) is 0.217. The molecule has 2 amide bonds. The highest BCUT2D eigenvalue weighted by atomic mass is 19.1. The molecule has 0 aromatic heterocycles. The van der Waals surface area contributed by atoms with Gasteiger partial charge >= 0.3 is 0 Å². The highest BCUT2D eigenvalue weighted by Crippen LogP contribution is 2.28. The van der Waals surface area contributed by atoms with Gasteiger partial charge in [0.05, 0.1) is 24.6 Å². The molecule has 1 aromatic rings. The Labute approximate surface area is 141 Å². The molecule has 1 atom stereocenters. The van der Waals surface area contributed by atoms with Crippen molar-refractivity contribution in [2.45, 2.75) is 25.4 Å². The summed E-state index contributed by atoms with van der Waals surface area (Å²) < 4.78 is 18.4. The summed E-state index contributed by atoms with van der Waals surface area (Å²) in [5, 5.41) is 0. The zero-order valence-corrected chi connectivity index (χ0v) is 14.1. The van der Waals surface area contributed by atoms with Crippen LogP contribution in [0.5, 0.6) is 0 Å². The highest BCUT2D eigenvalue weighted by Gasteiger charge is 2.44. The predicted molar refractivity (Wildman–Crippen MR) is 87.0 cm³/mol. The quantitative estimate of drug-likeness (QED) is 0.849. The third kappa shape index (κ3) is 3.29. The number of piperidine rings is 1. The standard InChI is InChI=1S/C18H23FN2O3/c1-18(24-2)11-21(12-18)17(23)14-4-3-9-20(10-14)16(22)13-5-7-15(19)8-6-13/h5-8,14H,3-4,9-12H2,1-2H3/t14-/m1/s1. The van der Waals surface area contributed by atoms with Gasteiger partial charge in [-0.2, -0.15) is 0 Å². The molecule has 1 aromatic carbocycles. The van der Waals surface area contributed by atoms with Gasteiger partial charge in [-0.1, -0.05) is 0 Å². The molecule has 2 fully saturated rings. The van der Waals surface area contributed by atoms with E-state index >= 15 is 0 Å². The second kappa shape index (κ2) is 6.51. The van der Waals surface area contributed by atoms with Crippen LogP contribution in [0.15, 0.2) is 24.3 Å². The number of hydrogen-bond donors (Lipinski definition) is 0. The molecule has 2 aliphatic rings. The Morgan fingerprint density at radius 2 is 1.88 bits per heavy atom. The van der Waals surface area contributed by atoms with Crippen LogP contribution in [0.2, 0.25) is 0 Å². The van der Waals surface area contributed by atoms with Gasteiger partial charge in [0, 0.05) is 25.8 Å². The van der Waals surface area contributed by atoms with Gasteiger partial charge in [0.1, 0.15) is 5.82 Å². The summed E-state index contributed by atoms with van der Waals surface area (Å²) in [5.74, 6) is -0.569.